The van der Waals surface area contributed by atoms with E-state index in [1.54, 1.807) is 30.7 Å². The quantitative estimate of drug-likeness (QED) is 0.348. The molecule has 0 radical (unpaired) electrons. The van der Waals surface area contributed by atoms with Crippen LogP contribution < -0.4 is 5.32 Å². The molecule has 0 spiro atoms. The van der Waals surface area contributed by atoms with Gasteiger partial charge in [0, 0.05) is 36.5 Å². The van der Waals surface area contributed by atoms with Crippen LogP contribution >= 0.6 is 35.3 Å². The van der Waals surface area contributed by atoms with E-state index < -0.39 is 0 Å². The third-order valence-electron chi connectivity index (χ3n) is 4.74. The molecule has 1 N–H and O–H groups in total. The zero-order chi connectivity index (χ0) is 22.5. The van der Waals surface area contributed by atoms with E-state index in [4.69, 9.17) is 16.6 Å². The van der Waals surface area contributed by atoms with E-state index in [0.717, 1.165) is 11.3 Å². The number of rotatable bonds is 8. The summed E-state index contributed by atoms with van der Waals surface area (Å²) in [6, 6.07) is 11.9. The number of aryl methyl sites for hydroxylation is 1. The molecule has 1 saturated heterocycles. The molecule has 3 heterocycles. The highest BCUT2D eigenvalue weighted by Gasteiger charge is 2.31. The molecule has 0 bridgehead atoms. The number of amides is 2. The molecule has 164 valence electrons. The van der Waals surface area contributed by atoms with Gasteiger partial charge in [0.05, 0.1) is 11.2 Å². The molecule has 3 aromatic rings. The van der Waals surface area contributed by atoms with Gasteiger partial charge in [-0.05, 0) is 31.0 Å². The van der Waals surface area contributed by atoms with Crippen LogP contribution in [-0.4, -0.2) is 32.6 Å². The number of thiocarbonyl (C=S) groups is 1. The average molecular weight is 484 g/mol. The predicted molar refractivity (Wildman–Crippen MR) is 133 cm³/mol. The van der Waals surface area contributed by atoms with Gasteiger partial charge in [0.15, 0.2) is 5.13 Å². The first kappa shape index (κ1) is 22.4. The fourth-order valence-corrected chi connectivity index (χ4v) is 5.40. The topological polar surface area (TPSA) is 75.4 Å². The molecule has 0 atom stereocenters. The number of aromatic nitrogens is 1. The molecular formula is C23H21N3O3S3. The maximum absolute atomic E-state index is 12.6. The molecule has 1 fully saturated rings. The van der Waals surface area contributed by atoms with Gasteiger partial charge in [-0.25, -0.2) is 4.98 Å². The SMILES string of the molecule is Cc1cccc(Cc2cnc(NC(=O)CCCN3C(=O)/C(=C\c4ccco4)SC3=S)s2)c1. The van der Waals surface area contributed by atoms with Crippen molar-refractivity contribution in [3.05, 3.63) is 75.5 Å². The van der Waals surface area contributed by atoms with E-state index in [0.29, 0.717) is 33.1 Å². The Labute approximate surface area is 199 Å². The van der Waals surface area contributed by atoms with E-state index in [1.807, 2.05) is 6.07 Å². The molecule has 0 aliphatic carbocycles. The zero-order valence-electron chi connectivity index (χ0n) is 17.4. The molecule has 9 heteroatoms. The van der Waals surface area contributed by atoms with Gasteiger partial charge in [0.2, 0.25) is 5.91 Å². The minimum atomic E-state index is -0.155. The number of nitrogens with zero attached hydrogens (tertiary/aromatic N) is 2. The molecule has 1 aromatic carbocycles. The lowest BCUT2D eigenvalue weighted by Crippen LogP contribution is -2.29. The molecular weight excluding hydrogens is 462 g/mol. The second-order valence-electron chi connectivity index (χ2n) is 7.30. The lowest BCUT2D eigenvalue weighted by atomic mass is 10.1. The smallest absolute Gasteiger partial charge is 0.266 e. The number of thioether (sulfide) groups is 1. The summed E-state index contributed by atoms with van der Waals surface area (Å²) in [4.78, 5) is 32.4. The third kappa shape index (κ3) is 5.73. The Balaban J connectivity index is 1.24. The van der Waals surface area contributed by atoms with Gasteiger partial charge in [0.25, 0.3) is 5.91 Å². The molecule has 2 amide bonds. The highest BCUT2D eigenvalue weighted by atomic mass is 32.2. The fourth-order valence-electron chi connectivity index (χ4n) is 3.25. The van der Waals surface area contributed by atoms with E-state index >= 15 is 0 Å². The summed E-state index contributed by atoms with van der Waals surface area (Å²) in [7, 11) is 0. The van der Waals surface area contributed by atoms with Crippen molar-refractivity contribution in [1.29, 1.82) is 0 Å². The van der Waals surface area contributed by atoms with Crippen molar-refractivity contribution in [3.63, 3.8) is 0 Å². The summed E-state index contributed by atoms with van der Waals surface area (Å²) in [5.41, 5.74) is 2.44. The number of benzene rings is 1. The Kier molecular flexibility index (Phi) is 7.19. The van der Waals surface area contributed by atoms with Gasteiger partial charge in [-0.3, -0.25) is 14.5 Å². The number of hydrogen-bond acceptors (Lipinski definition) is 7. The van der Waals surface area contributed by atoms with Crippen LogP contribution in [0.5, 0.6) is 0 Å². The van der Waals surface area contributed by atoms with Crippen LogP contribution in [0.3, 0.4) is 0 Å². The molecule has 1 aliphatic rings. The Morgan fingerprint density at radius 2 is 2.19 bits per heavy atom. The van der Waals surface area contributed by atoms with Gasteiger partial charge in [0.1, 0.15) is 10.1 Å². The summed E-state index contributed by atoms with van der Waals surface area (Å²) in [5, 5.41) is 3.44. The number of thiazole rings is 1. The predicted octanol–water partition coefficient (Wildman–Crippen LogP) is 5.26. The van der Waals surface area contributed by atoms with Crippen molar-refractivity contribution in [2.75, 3.05) is 11.9 Å². The Hall–Kier alpha value is -2.75. The number of carbonyl (C=O) groups is 2. The highest BCUT2D eigenvalue weighted by molar-refractivity contribution is 8.26. The van der Waals surface area contributed by atoms with Crippen LogP contribution in [-0.2, 0) is 16.0 Å². The van der Waals surface area contributed by atoms with Gasteiger partial charge < -0.3 is 9.73 Å². The Morgan fingerprint density at radius 3 is 2.97 bits per heavy atom. The van der Waals surface area contributed by atoms with E-state index in [-0.39, 0.29) is 18.2 Å². The second kappa shape index (κ2) is 10.2. The fraction of sp³-hybridized carbons (Fsp3) is 0.217. The normalized spacial score (nSPS) is 15.0. The standard InChI is InChI=1S/C23H21N3O3S3/c1-15-5-2-6-16(11-15)12-18-14-24-22(31-18)25-20(27)8-3-9-26-21(28)19(32-23(26)30)13-17-7-4-10-29-17/h2,4-7,10-11,13-14H,3,8-9,12H2,1H3,(H,24,25,27)/b19-13+. The molecule has 0 unspecified atom stereocenters. The van der Waals surface area contributed by atoms with E-state index in [2.05, 4.69) is 35.4 Å². The van der Waals surface area contributed by atoms with Crippen LogP contribution in [0.1, 0.15) is 34.6 Å². The van der Waals surface area contributed by atoms with Gasteiger partial charge >= 0.3 is 0 Å². The monoisotopic (exact) mass is 483 g/mol. The van der Waals surface area contributed by atoms with Crippen LogP contribution in [0.2, 0.25) is 0 Å². The first-order valence-corrected chi connectivity index (χ1v) is 12.1. The molecule has 32 heavy (non-hydrogen) atoms. The lowest BCUT2D eigenvalue weighted by molar-refractivity contribution is -0.122. The molecule has 6 nitrogen and oxygen atoms in total. The molecule has 2 aromatic heterocycles. The summed E-state index contributed by atoms with van der Waals surface area (Å²) in [6.45, 7) is 2.46. The van der Waals surface area contributed by atoms with Crippen molar-refractivity contribution in [3.8, 4) is 0 Å². The summed E-state index contributed by atoms with van der Waals surface area (Å²) in [6.07, 6.45) is 6.61. The maximum atomic E-state index is 12.6. The van der Waals surface area contributed by atoms with E-state index in [1.165, 1.54) is 39.1 Å². The minimum Gasteiger partial charge on any atom is -0.465 e. The van der Waals surface area contributed by atoms with Crippen molar-refractivity contribution >= 4 is 62.7 Å². The van der Waals surface area contributed by atoms with Crippen LogP contribution in [0.4, 0.5) is 5.13 Å². The van der Waals surface area contributed by atoms with Crippen LogP contribution in [0.15, 0.2) is 58.2 Å². The number of hydrogen-bond donors (Lipinski definition) is 1. The zero-order valence-corrected chi connectivity index (χ0v) is 19.8. The average Bonchev–Trinajstić information content (AvgIpc) is 3.47. The van der Waals surface area contributed by atoms with Gasteiger partial charge in [-0.1, -0.05) is 53.8 Å². The van der Waals surface area contributed by atoms with Crippen molar-refractivity contribution in [1.82, 2.24) is 9.88 Å². The molecule has 4 rings (SSSR count). The number of nitrogens with one attached hydrogen (secondary N) is 1. The number of carbonyl (C=O) groups excluding carboxylic acids is 2. The van der Waals surface area contributed by atoms with Crippen molar-refractivity contribution in [2.45, 2.75) is 26.2 Å². The molecule has 0 saturated carbocycles. The molecule has 1 aliphatic heterocycles. The second-order valence-corrected chi connectivity index (χ2v) is 10.1. The number of furan rings is 1. The first-order chi connectivity index (χ1) is 15.5. The van der Waals surface area contributed by atoms with Crippen molar-refractivity contribution < 1.29 is 14.0 Å². The Morgan fingerprint density at radius 1 is 1.31 bits per heavy atom. The lowest BCUT2D eigenvalue weighted by Gasteiger charge is -2.13. The highest BCUT2D eigenvalue weighted by Crippen LogP contribution is 2.32. The van der Waals surface area contributed by atoms with Gasteiger partial charge in [-0.2, -0.15) is 0 Å². The largest absolute Gasteiger partial charge is 0.465 e. The Bertz CT molecular complexity index is 1170. The van der Waals surface area contributed by atoms with Crippen LogP contribution in [0.25, 0.3) is 6.08 Å². The summed E-state index contributed by atoms with van der Waals surface area (Å²) < 4.78 is 5.76. The van der Waals surface area contributed by atoms with Gasteiger partial charge in [-0.15, -0.1) is 11.3 Å². The summed E-state index contributed by atoms with van der Waals surface area (Å²) in [5.74, 6) is 0.325. The first-order valence-electron chi connectivity index (χ1n) is 10.1. The van der Waals surface area contributed by atoms with Crippen LogP contribution in [0, 0.1) is 6.92 Å². The minimum absolute atomic E-state index is 0.127. The van der Waals surface area contributed by atoms with E-state index in [9.17, 15) is 9.59 Å². The maximum Gasteiger partial charge on any atom is 0.266 e. The number of anilines is 1. The third-order valence-corrected chi connectivity index (χ3v) is 7.03. The summed E-state index contributed by atoms with van der Waals surface area (Å²) >= 11 is 8.05. The van der Waals surface area contributed by atoms with Crippen molar-refractivity contribution in [2.24, 2.45) is 0 Å².